The SMILES string of the molecule is Cc1cc2sc3cc(Oc4ccccc4)c(Oc4ccccc4)cc3c2cc1C. The lowest BCUT2D eigenvalue weighted by molar-refractivity contribution is 0.420. The highest BCUT2D eigenvalue weighted by Crippen LogP contribution is 2.44. The molecule has 0 aliphatic heterocycles. The van der Waals surface area contributed by atoms with E-state index in [2.05, 4.69) is 38.1 Å². The van der Waals surface area contributed by atoms with E-state index in [0.29, 0.717) is 11.5 Å². The Morgan fingerprint density at radius 2 is 1.03 bits per heavy atom. The van der Waals surface area contributed by atoms with Crippen molar-refractivity contribution in [3.8, 4) is 23.0 Å². The molecule has 0 saturated heterocycles. The van der Waals surface area contributed by atoms with Gasteiger partial charge in [-0.15, -0.1) is 11.3 Å². The first kappa shape index (κ1) is 17.8. The third-order valence-corrected chi connectivity index (χ3v) is 6.21. The van der Waals surface area contributed by atoms with Crippen LogP contribution in [0.4, 0.5) is 0 Å². The van der Waals surface area contributed by atoms with E-state index in [1.165, 1.54) is 31.3 Å². The van der Waals surface area contributed by atoms with Gasteiger partial charge in [-0.2, -0.15) is 0 Å². The number of rotatable bonds is 4. The van der Waals surface area contributed by atoms with Crippen molar-refractivity contribution in [2.45, 2.75) is 13.8 Å². The second kappa shape index (κ2) is 7.26. The minimum absolute atomic E-state index is 0.713. The van der Waals surface area contributed by atoms with Crippen molar-refractivity contribution in [1.82, 2.24) is 0 Å². The van der Waals surface area contributed by atoms with E-state index in [1.807, 2.05) is 60.7 Å². The van der Waals surface area contributed by atoms with Crippen molar-refractivity contribution in [2.24, 2.45) is 0 Å². The average Bonchev–Trinajstić information content (AvgIpc) is 3.06. The molecule has 5 aromatic rings. The Balaban J connectivity index is 1.69. The predicted molar refractivity (Wildman–Crippen MR) is 122 cm³/mol. The first-order chi connectivity index (χ1) is 14.2. The number of ether oxygens (including phenoxy) is 2. The summed E-state index contributed by atoms with van der Waals surface area (Å²) in [6.45, 7) is 4.32. The molecule has 0 amide bonds. The van der Waals surface area contributed by atoms with E-state index < -0.39 is 0 Å². The van der Waals surface area contributed by atoms with E-state index in [9.17, 15) is 0 Å². The summed E-state index contributed by atoms with van der Waals surface area (Å²) in [6.07, 6.45) is 0. The van der Waals surface area contributed by atoms with Crippen LogP contribution in [0.5, 0.6) is 23.0 Å². The van der Waals surface area contributed by atoms with Crippen LogP contribution in [0, 0.1) is 13.8 Å². The Morgan fingerprint density at radius 3 is 1.66 bits per heavy atom. The van der Waals surface area contributed by atoms with Crippen molar-refractivity contribution in [1.29, 1.82) is 0 Å². The maximum atomic E-state index is 6.24. The van der Waals surface area contributed by atoms with Crippen molar-refractivity contribution in [2.75, 3.05) is 0 Å². The third-order valence-electron chi connectivity index (χ3n) is 5.09. The quantitative estimate of drug-likeness (QED) is 0.304. The van der Waals surface area contributed by atoms with Crippen molar-refractivity contribution in [3.05, 3.63) is 96.1 Å². The average molecular weight is 397 g/mol. The fourth-order valence-corrected chi connectivity index (χ4v) is 4.63. The molecule has 4 aromatic carbocycles. The summed E-state index contributed by atoms with van der Waals surface area (Å²) in [5.74, 6) is 3.01. The zero-order valence-electron chi connectivity index (χ0n) is 16.3. The maximum absolute atomic E-state index is 6.24. The lowest BCUT2D eigenvalue weighted by Gasteiger charge is -2.13. The van der Waals surface area contributed by atoms with Crippen LogP contribution in [0.1, 0.15) is 11.1 Å². The highest BCUT2D eigenvalue weighted by atomic mass is 32.1. The number of para-hydroxylation sites is 2. The Morgan fingerprint density at radius 1 is 0.552 bits per heavy atom. The van der Waals surface area contributed by atoms with Gasteiger partial charge in [-0.25, -0.2) is 0 Å². The van der Waals surface area contributed by atoms with Crippen LogP contribution >= 0.6 is 11.3 Å². The molecule has 0 bridgehead atoms. The van der Waals surface area contributed by atoms with E-state index in [1.54, 1.807) is 11.3 Å². The molecule has 3 heteroatoms. The zero-order valence-corrected chi connectivity index (χ0v) is 17.1. The van der Waals surface area contributed by atoms with Crippen molar-refractivity contribution in [3.63, 3.8) is 0 Å². The third kappa shape index (κ3) is 3.45. The van der Waals surface area contributed by atoms with Crippen LogP contribution in [0.2, 0.25) is 0 Å². The van der Waals surface area contributed by atoms with Gasteiger partial charge in [0, 0.05) is 26.2 Å². The molecule has 1 heterocycles. The molecule has 0 radical (unpaired) electrons. The van der Waals surface area contributed by atoms with E-state index in [-0.39, 0.29) is 0 Å². The highest BCUT2D eigenvalue weighted by molar-refractivity contribution is 7.25. The van der Waals surface area contributed by atoms with Gasteiger partial charge in [0.15, 0.2) is 11.5 Å². The molecule has 2 nitrogen and oxygen atoms in total. The van der Waals surface area contributed by atoms with Crippen LogP contribution in [-0.2, 0) is 0 Å². The van der Waals surface area contributed by atoms with Gasteiger partial charge in [0.25, 0.3) is 0 Å². The van der Waals surface area contributed by atoms with Gasteiger partial charge < -0.3 is 9.47 Å². The number of benzene rings is 4. The van der Waals surface area contributed by atoms with Gasteiger partial charge in [-0.05, 0) is 67.4 Å². The molecule has 0 aliphatic carbocycles. The summed E-state index contributed by atoms with van der Waals surface area (Å²) in [6, 6.07) is 28.4. The van der Waals surface area contributed by atoms with Gasteiger partial charge in [-0.3, -0.25) is 0 Å². The van der Waals surface area contributed by atoms with Crippen LogP contribution < -0.4 is 9.47 Å². The fraction of sp³-hybridized carbons (Fsp3) is 0.0769. The first-order valence-corrected chi connectivity index (χ1v) is 10.4. The monoisotopic (exact) mass is 396 g/mol. The molecule has 0 aliphatic rings. The molecule has 142 valence electrons. The Labute approximate surface area is 174 Å². The minimum atomic E-state index is 0.713. The number of aryl methyl sites for hydroxylation is 2. The number of fused-ring (bicyclic) bond motifs is 3. The zero-order chi connectivity index (χ0) is 19.8. The minimum Gasteiger partial charge on any atom is -0.453 e. The van der Waals surface area contributed by atoms with Crippen LogP contribution in [0.25, 0.3) is 20.2 Å². The van der Waals surface area contributed by atoms with Gasteiger partial charge in [0.2, 0.25) is 0 Å². The lowest BCUT2D eigenvalue weighted by atomic mass is 10.1. The molecular formula is C26H20O2S. The van der Waals surface area contributed by atoms with Crippen LogP contribution in [0.3, 0.4) is 0 Å². The molecule has 0 atom stereocenters. The predicted octanol–water partition coefficient (Wildman–Crippen LogP) is 8.26. The molecule has 0 N–H and O–H groups in total. The first-order valence-electron chi connectivity index (χ1n) is 9.61. The summed E-state index contributed by atoms with van der Waals surface area (Å²) in [5, 5.41) is 2.46. The van der Waals surface area contributed by atoms with Gasteiger partial charge in [0.05, 0.1) is 0 Å². The number of hydrogen-bond donors (Lipinski definition) is 0. The largest absolute Gasteiger partial charge is 0.453 e. The molecule has 0 fully saturated rings. The second-order valence-electron chi connectivity index (χ2n) is 7.16. The summed E-state index contributed by atoms with van der Waals surface area (Å²) < 4.78 is 14.9. The summed E-state index contributed by atoms with van der Waals surface area (Å²) >= 11 is 1.79. The lowest BCUT2D eigenvalue weighted by Crippen LogP contribution is -1.90. The molecule has 0 saturated carbocycles. The van der Waals surface area contributed by atoms with Gasteiger partial charge >= 0.3 is 0 Å². The van der Waals surface area contributed by atoms with Crippen LogP contribution in [-0.4, -0.2) is 0 Å². The van der Waals surface area contributed by atoms with E-state index in [4.69, 9.17) is 9.47 Å². The highest BCUT2D eigenvalue weighted by Gasteiger charge is 2.15. The Kier molecular flexibility index (Phi) is 4.45. The normalized spacial score (nSPS) is 11.1. The smallest absolute Gasteiger partial charge is 0.171 e. The van der Waals surface area contributed by atoms with E-state index in [0.717, 1.165) is 11.5 Å². The molecule has 0 spiro atoms. The van der Waals surface area contributed by atoms with E-state index >= 15 is 0 Å². The summed E-state index contributed by atoms with van der Waals surface area (Å²) in [5.41, 5.74) is 2.61. The molecule has 29 heavy (non-hydrogen) atoms. The van der Waals surface area contributed by atoms with Crippen molar-refractivity contribution >= 4 is 31.5 Å². The topological polar surface area (TPSA) is 18.5 Å². The van der Waals surface area contributed by atoms with Crippen LogP contribution in [0.15, 0.2) is 84.9 Å². The van der Waals surface area contributed by atoms with Crippen molar-refractivity contribution < 1.29 is 9.47 Å². The van der Waals surface area contributed by atoms with Gasteiger partial charge in [-0.1, -0.05) is 36.4 Å². The maximum Gasteiger partial charge on any atom is 0.171 e. The number of hydrogen-bond acceptors (Lipinski definition) is 3. The fourth-order valence-electron chi connectivity index (χ4n) is 3.43. The summed E-state index contributed by atoms with van der Waals surface area (Å²) in [4.78, 5) is 0. The number of thiophene rings is 1. The Bertz CT molecular complexity index is 1300. The summed E-state index contributed by atoms with van der Waals surface area (Å²) in [7, 11) is 0. The molecule has 0 unspecified atom stereocenters. The molecule has 1 aromatic heterocycles. The Hall–Kier alpha value is -3.30. The standard InChI is InChI=1S/C26H20O2S/c1-17-13-21-22-15-23(27-19-9-5-3-6-10-19)24(28-20-11-7-4-8-12-20)16-26(22)29-25(21)14-18(17)2/h3-16H,1-2H3. The second-order valence-corrected chi connectivity index (χ2v) is 8.24. The van der Waals surface area contributed by atoms with Gasteiger partial charge in [0.1, 0.15) is 11.5 Å². The molecule has 5 rings (SSSR count). The molecular weight excluding hydrogens is 376 g/mol.